The van der Waals surface area contributed by atoms with Crippen molar-refractivity contribution >= 4 is 14.2 Å². The van der Waals surface area contributed by atoms with Crippen LogP contribution >= 0.6 is 8.25 Å². The number of carbonyl (C=O) groups excluding carboxylic acids is 1. The van der Waals surface area contributed by atoms with Crippen molar-refractivity contribution in [2.24, 2.45) is 5.73 Å². The summed E-state index contributed by atoms with van der Waals surface area (Å²) < 4.78 is 40.4. The Kier molecular flexibility index (Phi) is 7.23. The Labute approximate surface area is 176 Å². The fraction of sp³-hybridized carbons (Fsp3) is 0.450. The second-order valence-corrected chi connectivity index (χ2v) is 8.13. The van der Waals surface area contributed by atoms with Gasteiger partial charge in [0.1, 0.15) is 18.8 Å². The second kappa shape index (κ2) is 9.68. The first kappa shape index (κ1) is 22.4. The first-order valence-electron chi connectivity index (χ1n) is 9.45. The number of hydrogen-bond donors (Lipinski definition) is 1. The summed E-state index contributed by atoms with van der Waals surface area (Å²) in [7, 11) is -0.903. The van der Waals surface area contributed by atoms with Gasteiger partial charge in [-0.25, -0.2) is 4.52 Å². The van der Waals surface area contributed by atoms with Crippen LogP contribution in [0.2, 0.25) is 0 Å². The summed E-state index contributed by atoms with van der Waals surface area (Å²) in [4.78, 5) is 13.3. The molecular formula is C20H26N2O7P+. The largest absolute Gasteiger partial charge is 0.750 e. The number of rotatable bonds is 9. The number of benzene rings is 1. The van der Waals surface area contributed by atoms with Crippen LogP contribution in [0, 0.1) is 0 Å². The van der Waals surface area contributed by atoms with Crippen molar-refractivity contribution in [2.75, 3.05) is 13.7 Å². The van der Waals surface area contributed by atoms with Crippen molar-refractivity contribution in [3.05, 3.63) is 54.4 Å². The molecule has 2 aliphatic heterocycles. The molecule has 1 fully saturated rings. The van der Waals surface area contributed by atoms with E-state index < -0.39 is 38.4 Å². The molecule has 10 heteroatoms. The third-order valence-electron chi connectivity index (χ3n) is 4.57. The highest BCUT2D eigenvalue weighted by Crippen LogP contribution is 2.36. The summed E-state index contributed by atoms with van der Waals surface area (Å²) >= 11 is 0. The van der Waals surface area contributed by atoms with Crippen molar-refractivity contribution in [3.8, 4) is 5.75 Å². The van der Waals surface area contributed by atoms with E-state index in [4.69, 9.17) is 29.0 Å². The Bertz CT molecular complexity index is 828. The number of primary amides is 1. The van der Waals surface area contributed by atoms with Gasteiger partial charge in [-0.3, -0.25) is 4.79 Å². The van der Waals surface area contributed by atoms with Crippen LogP contribution in [0.15, 0.2) is 54.4 Å². The van der Waals surface area contributed by atoms with E-state index in [0.29, 0.717) is 17.7 Å². The third kappa shape index (κ3) is 5.65. The lowest BCUT2D eigenvalue weighted by atomic mass is 10.1. The molecule has 1 aromatic rings. The maximum Gasteiger partial charge on any atom is 0.750 e. The lowest BCUT2D eigenvalue weighted by molar-refractivity contribution is -0.163. The predicted octanol–water partition coefficient (Wildman–Crippen LogP) is 2.82. The highest BCUT2D eigenvalue weighted by Gasteiger charge is 2.48. The van der Waals surface area contributed by atoms with Crippen LogP contribution in [0.3, 0.4) is 0 Å². The minimum absolute atomic E-state index is 0.0525. The molecule has 0 saturated carbocycles. The van der Waals surface area contributed by atoms with Gasteiger partial charge in [0, 0.05) is 29.6 Å². The number of ether oxygens (including phenoxy) is 3. The van der Waals surface area contributed by atoms with Gasteiger partial charge in [-0.15, -0.1) is 4.52 Å². The highest BCUT2D eigenvalue weighted by atomic mass is 31.1. The zero-order chi connectivity index (χ0) is 21.7. The lowest BCUT2D eigenvalue weighted by Crippen LogP contribution is -2.45. The van der Waals surface area contributed by atoms with Gasteiger partial charge >= 0.3 is 8.25 Å². The van der Waals surface area contributed by atoms with E-state index in [-0.39, 0.29) is 6.61 Å². The van der Waals surface area contributed by atoms with Crippen LogP contribution in [0.25, 0.3) is 0 Å². The molecule has 2 unspecified atom stereocenters. The normalized spacial score (nSPS) is 24.3. The fourth-order valence-corrected chi connectivity index (χ4v) is 3.80. The quantitative estimate of drug-likeness (QED) is 0.588. The molecule has 3 rings (SSSR count). The molecule has 2 N–H and O–H groups in total. The molecule has 30 heavy (non-hydrogen) atoms. The average molecular weight is 437 g/mol. The second-order valence-electron chi connectivity index (χ2n) is 7.24. The first-order valence-corrected chi connectivity index (χ1v) is 10.5. The number of allylic oxidation sites excluding steroid dienone is 1. The molecule has 1 aromatic carbocycles. The maximum absolute atomic E-state index is 12.2. The van der Waals surface area contributed by atoms with E-state index in [9.17, 15) is 9.36 Å². The van der Waals surface area contributed by atoms with Gasteiger partial charge in [0.25, 0.3) is 0 Å². The van der Waals surface area contributed by atoms with Gasteiger partial charge in [0.15, 0.2) is 17.8 Å². The van der Waals surface area contributed by atoms with Gasteiger partial charge < -0.3 is 24.8 Å². The molecule has 4 atom stereocenters. The standard InChI is InChI=1S/C20H25N2O7P/c1-20(2)27-17(19(28-20)22-11-7-8-14(12-22)18(21)23)16(25-3)13-26-30(24)29-15-9-5-4-6-10-15/h4-7,9-12,16-17,19H,8,13H2,1-3H3,(H-,21,23)/p+1/t16?,17-,19-/m1/s1. The molecule has 0 bridgehead atoms. The molecule has 1 amide bonds. The molecule has 0 aromatic heterocycles. The molecule has 0 spiro atoms. The number of methoxy groups -OCH3 is 1. The first-order chi connectivity index (χ1) is 14.3. The van der Waals surface area contributed by atoms with Crippen LogP contribution in [0.5, 0.6) is 5.75 Å². The van der Waals surface area contributed by atoms with Crippen LogP contribution in [-0.2, 0) is 28.1 Å². The van der Waals surface area contributed by atoms with Crippen molar-refractivity contribution in [1.29, 1.82) is 0 Å². The van der Waals surface area contributed by atoms with Gasteiger partial charge in [0.05, 0.1) is 0 Å². The summed E-state index contributed by atoms with van der Waals surface area (Å²) in [6, 6.07) is 8.73. The Morgan fingerprint density at radius 2 is 2.07 bits per heavy atom. The van der Waals surface area contributed by atoms with E-state index >= 15 is 0 Å². The molecule has 2 heterocycles. The Morgan fingerprint density at radius 1 is 1.33 bits per heavy atom. The lowest BCUT2D eigenvalue weighted by Gasteiger charge is -2.31. The molecule has 0 radical (unpaired) electrons. The van der Waals surface area contributed by atoms with Crippen molar-refractivity contribution in [1.82, 2.24) is 4.90 Å². The Hall–Kier alpha value is -2.29. The SMILES string of the molecule is COC(CO[P+](=O)Oc1ccccc1)[C@H]1OC(C)(C)O[C@H]1N1C=CCC(C(N)=O)=C1. The van der Waals surface area contributed by atoms with Crippen molar-refractivity contribution < 1.29 is 32.6 Å². The number of nitrogens with two attached hydrogens (primary N) is 1. The smallest absolute Gasteiger partial charge is 0.376 e. The van der Waals surface area contributed by atoms with Gasteiger partial charge in [-0.05, 0) is 32.4 Å². The van der Waals surface area contributed by atoms with Crippen molar-refractivity contribution in [2.45, 2.75) is 44.5 Å². The number of para-hydroxylation sites is 1. The van der Waals surface area contributed by atoms with E-state index in [1.807, 2.05) is 12.1 Å². The predicted molar refractivity (Wildman–Crippen MR) is 108 cm³/mol. The fourth-order valence-electron chi connectivity index (χ4n) is 3.19. The zero-order valence-electron chi connectivity index (χ0n) is 17.1. The van der Waals surface area contributed by atoms with E-state index in [1.54, 1.807) is 55.4 Å². The van der Waals surface area contributed by atoms with Crippen molar-refractivity contribution in [3.63, 3.8) is 0 Å². The third-order valence-corrected chi connectivity index (χ3v) is 5.29. The van der Waals surface area contributed by atoms with E-state index in [0.717, 1.165) is 0 Å². The minimum Gasteiger partial charge on any atom is -0.376 e. The van der Waals surface area contributed by atoms with Crippen LogP contribution in [0.1, 0.15) is 20.3 Å². The Balaban J connectivity index is 1.68. The average Bonchev–Trinajstić information content (AvgIpc) is 3.04. The van der Waals surface area contributed by atoms with Gasteiger partial charge in [-0.1, -0.05) is 24.3 Å². The van der Waals surface area contributed by atoms with Crippen LogP contribution in [0.4, 0.5) is 0 Å². The summed E-state index contributed by atoms with van der Waals surface area (Å²) in [6.07, 6.45) is 3.87. The summed E-state index contributed by atoms with van der Waals surface area (Å²) in [5.74, 6) is -0.962. The zero-order valence-corrected chi connectivity index (χ0v) is 18.0. The molecule has 0 aliphatic carbocycles. The molecular weight excluding hydrogens is 411 g/mol. The van der Waals surface area contributed by atoms with Crippen LogP contribution < -0.4 is 10.3 Å². The Morgan fingerprint density at radius 3 is 2.73 bits per heavy atom. The molecule has 2 aliphatic rings. The van der Waals surface area contributed by atoms with Gasteiger partial charge in [0.2, 0.25) is 5.91 Å². The number of amides is 1. The van der Waals surface area contributed by atoms with Gasteiger partial charge in [-0.2, -0.15) is 0 Å². The molecule has 162 valence electrons. The van der Waals surface area contributed by atoms with E-state index in [2.05, 4.69) is 0 Å². The number of nitrogens with zero attached hydrogens (tertiary/aromatic N) is 1. The minimum atomic E-state index is -2.40. The summed E-state index contributed by atoms with van der Waals surface area (Å²) in [5.41, 5.74) is 5.87. The molecule has 1 saturated heterocycles. The number of carbonyl (C=O) groups is 1. The monoisotopic (exact) mass is 437 g/mol. The van der Waals surface area contributed by atoms with E-state index in [1.165, 1.54) is 7.11 Å². The maximum atomic E-state index is 12.2. The summed E-state index contributed by atoms with van der Waals surface area (Å²) in [6.45, 7) is 3.50. The molecule has 9 nitrogen and oxygen atoms in total. The van der Waals surface area contributed by atoms with Crippen LogP contribution in [-0.4, -0.2) is 48.7 Å². The highest BCUT2D eigenvalue weighted by molar-refractivity contribution is 7.33. The number of hydrogen-bond acceptors (Lipinski definition) is 8. The summed E-state index contributed by atoms with van der Waals surface area (Å²) in [5, 5.41) is 0. The topological polar surface area (TPSA) is 110 Å².